The fraction of sp³-hybridized carbons (Fsp3) is 0.200. The molecule has 2 aromatic carbocycles. The molecular formula is C30H30F2N8OS2. The lowest BCUT2D eigenvalue weighted by molar-refractivity contribution is 0.122. The Hall–Kier alpha value is -4.33. The number of nitrogens with two attached hydrogens (primary N) is 1. The maximum Gasteiger partial charge on any atom is 0.227 e. The summed E-state index contributed by atoms with van der Waals surface area (Å²) >= 11 is 2.17. The standard InChI is InChI=1S/C28H24F2N8OS2.C2H6/c29-20-5-2-6-21(30)25(20)41-37-18-4-1-3-17(15-18)24-26(40-27(31)36-24)22-9-10-32-28(35-22)34-19-7-8-23(33-16-19)38-11-13-39-14-12-38;1-2/h1-10,15-16,37H,11-14H2,(H2,31,36)(H,32,34,35);1-2H3. The van der Waals surface area contributed by atoms with Crippen LogP contribution in [-0.2, 0) is 4.74 Å². The molecule has 0 unspecified atom stereocenters. The Kier molecular flexibility index (Phi) is 9.97. The molecule has 0 spiro atoms. The van der Waals surface area contributed by atoms with Gasteiger partial charge in [-0.25, -0.2) is 28.7 Å². The van der Waals surface area contributed by atoms with Gasteiger partial charge in [-0.15, -0.1) is 0 Å². The number of halogens is 2. The van der Waals surface area contributed by atoms with Gasteiger partial charge >= 0.3 is 0 Å². The summed E-state index contributed by atoms with van der Waals surface area (Å²) in [6.07, 6.45) is 3.41. The molecule has 0 atom stereocenters. The third-order valence-electron chi connectivity index (χ3n) is 6.20. The second kappa shape index (κ2) is 14.2. The number of aromatic nitrogens is 4. The summed E-state index contributed by atoms with van der Waals surface area (Å²) in [4.78, 5) is 21.0. The van der Waals surface area contributed by atoms with Crippen LogP contribution in [0.3, 0.4) is 0 Å². The summed E-state index contributed by atoms with van der Waals surface area (Å²) in [5.74, 6) is 0.0305. The van der Waals surface area contributed by atoms with Crippen molar-refractivity contribution in [3.8, 4) is 21.8 Å². The summed E-state index contributed by atoms with van der Waals surface area (Å²) < 4.78 is 36.5. The fourth-order valence-electron chi connectivity index (χ4n) is 4.24. The summed E-state index contributed by atoms with van der Waals surface area (Å²) in [6, 6.07) is 16.8. The molecule has 222 valence electrons. The molecule has 0 radical (unpaired) electrons. The summed E-state index contributed by atoms with van der Waals surface area (Å²) in [6.45, 7) is 7.01. The largest absolute Gasteiger partial charge is 0.378 e. The molecule has 4 N–H and O–H groups in total. The van der Waals surface area contributed by atoms with Crippen LogP contribution in [0.1, 0.15) is 13.8 Å². The molecule has 43 heavy (non-hydrogen) atoms. The lowest BCUT2D eigenvalue weighted by atomic mass is 10.1. The first-order chi connectivity index (χ1) is 21.0. The Morgan fingerprint density at radius 3 is 2.44 bits per heavy atom. The van der Waals surface area contributed by atoms with Crippen LogP contribution >= 0.6 is 23.3 Å². The van der Waals surface area contributed by atoms with E-state index in [4.69, 9.17) is 15.5 Å². The van der Waals surface area contributed by atoms with Crippen LogP contribution in [0.15, 0.2) is 78.0 Å². The van der Waals surface area contributed by atoms with Crippen molar-refractivity contribution in [3.05, 3.63) is 84.7 Å². The zero-order valence-electron chi connectivity index (χ0n) is 23.6. The van der Waals surface area contributed by atoms with E-state index in [1.54, 1.807) is 24.5 Å². The minimum Gasteiger partial charge on any atom is -0.378 e. The minimum atomic E-state index is -0.634. The molecule has 5 aromatic rings. The van der Waals surface area contributed by atoms with Crippen molar-refractivity contribution in [2.24, 2.45) is 0 Å². The second-order valence-electron chi connectivity index (χ2n) is 8.96. The van der Waals surface area contributed by atoms with E-state index in [0.29, 0.717) is 41.4 Å². The molecule has 0 saturated carbocycles. The zero-order chi connectivity index (χ0) is 30.2. The highest BCUT2D eigenvalue weighted by Gasteiger charge is 2.17. The number of pyridine rings is 1. The third-order valence-corrected chi connectivity index (χ3v) is 8.04. The summed E-state index contributed by atoms with van der Waals surface area (Å²) in [5, 5.41) is 3.59. The number of ether oxygens (including phenoxy) is 1. The topological polar surface area (TPSA) is 114 Å². The predicted octanol–water partition coefficient (Wildman–Crippen LogP) is 7.25. The molecule has 1 fully saturated rings. The van der Waals surface area contributed by atoms with Gasteiger partial charge in [0.25, 0.3) is 0 Å². The van der Waals surface area contributed by atoms with Crippen molar-refractivity contribution >= 4 is 51.6 Å². The van der Waals surface area contributed by atoms with Crippen LogP contribution in [0.2, 0.25) is 0 Å². The Bertz CT molecular complexity index is 1640. The number of nitrogen functional groups attached to an aromatic ring is 1. The van der Waals surface area contributed by atoms with Gasteiger partial charge in [-0.3, -0.25) is 0 Å². The number of nitrogens with zero attached hydrogens (tertiary/aromatic N) is 5. The third kappa shape index (κ3) is 7.37. The molecule has 0 bridgehead atoms. The highest BCUT2D eigenvalue weighted by atomic mass is 32.2. The molecule has 1 aliphatic heterocycles. The van der Waals surface area contributed by atoms with Gasteiger partial charge in [0.15, 0.2) is 5.13 Å². The van der Waals surface area contributed by atoms with Crippen molar-refractivity contribution in [1.29, 1.82) is 0 Å². The summed E-state index contributed by atoms with van der Waals surface area (Å²) in [5.41, 5.74) is 9.57. The highest BCUT2D eigenvalue weighted by Crippen LogP contribution is 2.38. The number of hydrogen-bond acceptors (Lipinski definition) is 11. The minimum absolute atomic E-state index is 0.108. The van der Waals surface area contributed by atoms with Crippen LogP contribution in [0, 0.1) is 11.6 Å². The van der Waals surface area contributed by atoms with E-state index < -0.39 is 11.6 Å². The molecule has 13 heteroatoms. The Balaban J connectivity index is 0.00000180. The second-order valence-corrected chi connectivity index (χ2v) is 10.8. The molecule has 6 rings (SSSR count). The molecule has 4 heterocycles. The van der Waals surface area contributed by atoms with Crippen molar-refractivity contribution in [2.75, 3.05) is 47.0 Å². The Morgan fingerprint density at radius 2 is 1.70 bits per heavy atom. The van der Waals surface area contributed by atoms with Crippen LogP contribution in [0.4, 0.5) is 37.1 Å². The van der Waals surface area contributed by atoms with E-state index in [1.807, 2.05) is 44.2 Å². The first-order valence-electron chi connectivity index (χ1n) is 13.7. The Morgan fingerprint density at radius 1 is 0.930 bits per heavy atom. The number of nitrogens with one attached hydrogen (secondary N) is 2. The van der Waals surface area contributed by atoms with E-state index >= 15 is 0 Å². The van der Waals surface area contributed by atoms with Gasteiger partial charge in [-0.1, -0.05) is 43.4 Å². The van der Waals surface area contributed by atoms with E-state index in [1.165, 1.54) is 29.5 Å². The van der Waals surface area contributed by atoms with Crippen LogP contribution in [0.25, 0.3) is 21.8 Å². The van der Waals surface area contributed by atoms with Crippen molar-refractivity contribution < 1.29 is 13.5 Å². The highest BCUT2D eigenvalue weighted by molar-refractivity contribution is 8.00. The van der Waals surface area contributed by atoms with Gasteiger partial charge < -0.3 is 25.4 Å². The smallest absolute Gasteiger partial charge is 0.227 e. The van der Waals surface area contributed by atoms with Gasteiger partial charge in [-0.05, 0) is 54.4 Å². The SMILES string of the molecule is CC.Nc1nc(-c2cccc(NSc3c(F)cccc3F)c2)c(-c2ccnc(Nc3ccc(N4CCOCC4)nc3)n2)s1. The average molecular weight is 621 g/mol. The first kappa shape index (κ1) is 30.1. The average Bonchev–Trinajstić information content (AvgIpc) is 3.44. The van der Waals surface area contributed by atoms with E-state index in [2.05, 4.69) is 29.9 Å². The quantitative estimate of drug-likeness (QED) is 0.153. The van der Waals surface area contributed by atoms with Gasteiger partial charge in [-0.2, -0.15) is 0 Å². The van der Waals surface area contributed by atoms with Gasteiger partial charge in [0.2, 0.25) is 5.95 Å². The number of rotatable bonds is 8. The normalized spacial score (nSPS) is 12.8. The van der Waals surface area contributed by atoms with Crippen LogP contribution in [-0.4, -0.2) is 46.2 Å². The van der Waals surface area contributed by atoms with Crippen molar-refractivity contribution in [2.45, 2.75) is 18.7 Å². The van der Waals surface area contributed by atoms with Gasteiger partial charge in [0.05, 0.1) is 46.3 Å². The van der Waals surface area contributed by atoms with Crippen LogP contribution in [0.5, 0.6) is 0 Å². The predicted molar refractivity (Wildman–Crippen MR) is 171 cm³/mol. The van der Waals surface area contributed by atoms with Gasteiger partial charge in [0.1, 0.15) is 17.5 Å². The maximum atomic E-state index is 14.1. The molecule has 9 nitrogen and oxygen atoms in total. The number of morpholine rings is 1. The molecule has 1 saturated heterocycles. The first-order valence-corrected chi connectivity index (χ1v) is 15.3. The van der Waals surface area contributed by atoms with Gasteiger partial charge in [0, 0.05) is 30.5 Å². The van der Waals surface area contributed by atoms with E-state index in [0.717, 1.165) is 47.0 Å². The summed E-state index contributed by atoms with van der Waals surface area (Å²) in [7, 11) is 0. The molecule has 0 amide bonds. The molecule has 1 aliphatic rings. The van der Waals surface area contributed by atoms with Crippen molar-refractivity contribution in [1.82, 2.24) is 19.9 Å². The fourth-order valence-corrected chi connectivity index (χ4v) is 5.74. The number of hydrogen-bond donors (Lipinski definition) is 3. The zero-order valence-corrected chi connectivity index (χ0v) is 25.2. The molecular weight excluding hydrogens is 591 g/mol. The number of thiazole rings is 1. The molecule has 0 aliphatic carbocycles. The van der Waals surface area contributed by atoms with E-state index in [-0.39, 0.29) is 4.90 Å². The molecule has 3 aromatic heterocycles. The van der Waals surface area contributed by atoms with Crippen molar-refractivity contribution in [3.63, 3.8) is 0 Å². The lowest BCUT2D eigenvalue weighted by Crippen LogP contribution is -2.36. The maximum absolute atomic E-state index is 14.1. The van der Waals surface area contributed by atoms with E-state index in [9.17, 15) is 8.78 Å². The van der Waals surface area contributed by atoms with Crippen LogP contribution < -0.4 is 20.7 Å². The number of benzene rings is 2. The Labute approximate surface area is 256 Å². The lowest BCUT2D eigenvalue weighted by Gasteiger charge is -2.27. The monoisotopic (exact) mass is 620 g/mol. The number of anilines is 5.